The van der Waals surface area contributed by atoms with E-state index in [1.165, 1.54) is 0 Å². The summed E-state index contributed by atoms with van der Waals surface area (Å²) in [5.41, 5.74) is 1.83. The van der Waals surface area contributed by atoms with Crippen molar-refractivity contribution in [2.75, 3.05) is 7.11 Å². The number of furan rings is 1. The van der Waals surface area contributed by atoms with Gasteiger partial charge in [0, 0.05) is 23.2 Å². The molecule has 0 radical (unpaired) electrons. The highest BCUT2D eigenvalue weighted by molar-refractivity contribution is 5.82. The van der Waals surface area contributed by atoms with E-state index in [1.807, 2.05) is 42.5 Å². The van der Waals surface area contributed by atoms with Crippen molar-refractivity contribution in [2.24, 2.45) is 0 Å². The molecule has 1 aromatic carbocycles. The zero-order valence-electron chi connectivity index (χ0n) is 9.38. The maximum absolute atomic E-state index is 5.75. The Morgan fingerprint density at radius 1 is 1.12 bits per heavy atom. The molecule has 2 heterocycles. The quantitative estimate of drug-likeness (QED) is 0.669. The number of pyridine rings is 1. The molecule has 0 aliphatic heterocycles. The largest absolute Gasteiger partial charge is 0.481 e. The van der Waals surface area contributed by atoms with Crippen molar-refractivity contribution in [1.82, 2.24) is 4.98 Å². The number of nitrogens with zero attached hydrogens (tertiary/aromatic N) is 1. The van der Waals surface area contributed by atoms with Gasteiger partial charge < -0.3 is 9.15 Å². The number of benzene rings is 1. The van der Waals surface area contributed by atoms with Crippen molar-refractivity contribution >= 4 is 11.0 Å². The summed E-state index contributed by atoms with van der Waals surface area (Å²) in [5.74, 6) is 1.42. The molecular weight excluding hydrogens is 214 g/mol. The van der Waals surface area contributed by atoms with Crippen LogP contribution in [-0.4, -0.2) is 12.1 Å². The van der Waals surface area contributed by atoms with E-state index >= 15 is 0 Å². The zero-order valence-corrected chi connectivity index (χ0v) is 9.38. The molecule has 0 saturated carbocycles. The monoisotopic (exact) mass is 225 g/mol. The van der Waals surface area contributed by atoms with E-state index in [9.17, 15) is 0 Å². The number of para-hydroxylation sites is 1. The molecule has 0 aliphatic rings. The van der Waals surface area contributed by atoms with Crippen molar-refractivity contribution < 1.29 is 9.15 Å². The van der Waals surface area contributed by atoms with Crippen molar-refractivity contribution in [3.63, 3.8) is 0 Å². The second-order valence-corrected chi connectivity index (χ2v) is 3.74. The van der Waals surface area contributed by atoms with Crippen molar-refractivity contribution in [3.8, 4) is 17.2 Å². The summed E-state index contributed by atoms with van der Waals surface area (Å²) in [6.07, 6.45) is 1.75. The third-order valence-electron chi connectivity index (χ3n) is 2.66. The Bertz CT molecular complexity index is 608. The first-order valence-corrected chi connectivity index (χ1v) is 5.36. The van der Waals surface area contributed by atoms with Crippen LogP contribution in [0.3, 0.4) is 0 Å². The number of ether oxygens (including phenoxy) is 1. The number of methoxy groups -OCH3 is 1. The molecule has 0 fully saturated rings. The van der Waals surface area contributed by atoms with Crippen LogP contribution >= 0.6 is 0 Å². The molecule has 0 atom stereocenters. The average molecular weight is 225 g/mol. The molecule has 0 saturated heterocycles. The van der Waals surface area contributed by atoms with Gasteiger partial charge in [-0.2, -0.15) is 0 Å². The zero-order chi connectivity index (χ0) is 11.7. The highest BCUT2D eigenvalue weighted by atomic mass is 16.5. The maximum atomic E-state index is 5.75. The number of rotatable bonds is 2. The van der Waals surface area contributed by atoms with Crippen LogP contribution in [0.15, 0.2) is 53.1 Å². The molecule has 3 aromatic rings. The van der Waals surface area contributed by atoms with E-state index in [4.69, 9.17) is 9.15 Å². The van der Waals surface area contributed by atoms with Gasteiger partial charge >= 0.3 is 0 Å². The fraction of sp³-hybridized carbons (Fsp3) is 0.0714. The number of hydrogen-bond donors (Lipinski definition) is 0. The van der Waals surface area contributed by atoms with E-state index in [2.05, 4.69) is 4.98 Å². The lowest BCUT2D eigenvalue weighted by Crippen LogP contribution is -1.86. The summed E-state index contributed by atoms with van der Waals surface area (Å²) < 4.78 is 10.8. The first-order valence-electron chi connectivity index (χ1n) is 5.36. The van der Waals surface area contributed by atoms with E-state index in [0.717, 1.165) is 22.3 Å². The predicted molar refractivity (Wildman–Crippen MR) is 66.0 cm³/mol. The Balaban J connectivity index is 2.07. The van der Waals surface area contributed by atoms with Gasteiger partial charge in [0.05, 0.1) is 7.11 Å². The summed E-state index contributed by atoms with van der Waals surface area (Å²) >= 11 is 0. The number of fused-ring (bicyclic) bond motifs is 1. The van der Waals surface area contributed by atoms with E-state index in [-0.39, 0.29) is 0 Å². The Morgan fingerprint density at radius 2 is 2.00 bits per heavy atom. The lowest BCUT2D eigenvalue weighted by atomic mass is 10.2. The van der Waals surface area contributed by atoms with Crippen molar-refractivity contribution in [2.45, 2.75) is 0 Å². The Kier molecular flexibility index (Phi) is 2.29. The van der Waals surface area contributed by atoms with Crippen LogP contribution in [0.5, 0.6) is 5.88 Å². The molecule has 3 nitrogen and oxygen atoms in total. The molecule has 0 amide bonds. The highest BCUT2D eigenvalue weighted by Crippen LogP contribution is 2.27. The first kappa shape index (κ1) is 9.90. The Hall–Kier alpha value is -2.29. The summed E-state index contributed by atoms with van der Waals surface area (Å²) in [7, 11) is 1.60. The molecule has 0 unspecified atom stereocenters. The van der Waals surface area contributed by atoms with E-state index in [0.29, 0.717) is 5.88 Å². The lowest BCUT2D eigenvalue weighted by Gasteiger charge is -1.98. The van der Waals surface area contributed by atoms with Gasteiger partial charge in [-0.1, -0.05) is 18.2 Å². The SMILES string of the molecule is COc1ccc(-c2cc3ccccc3o2)cn1. The van der Waals surface area contributed by atoms with Crippen molar-refractivity contribution in [3.05, 3.63) is 48.7 Å². The summed E-state index contributed by atoms with van der Waals surface area (Å²) in [4.78, 5) is 4.16. The van der Waals surface area contributed by atoms with Crippen LogP contribution in [0.4, 0.5) is 0 Å². The minimum absolute atomic E-state index is 0.602. The molecule has 0 aliphatic carbocycles. The Labute approximate surface area is 98.7 Å². The smallest absolute Gasteiger partial charge is 0.212 e. The summed E-state index contributed by atoms with van der Waals surface area (Å²) in [6.45, 7) is 0. The van der Waals surface area contributed by atoms with Crippen LogP contribution in [0.2, 0.25) is 0 Å². The van der Waals surface area contributed by atoms with Gasteiger partial charge in [0.25, 0.3) is 0 Å². The van der Waals surface area contributed by atoms with Crippen LogP contribution in [0, 0.1) is 0 Å². The molecule has 0 N–H and O–H groups in total. The molecule has 84 valence electrons. The van der Waals surface area contributed by atoms with Gasteiger partial charge in [0.1, 0.15) is 11.3 Å². The van der Waals surface area contributed by atoms with E-state index < -0.39 is 0 Å². The minimum atomic E-state index is 0.602. The molecule has 3 heteroatoms. The molecule has 0 bridgehead atoms. The third-order valence-corrected chi connectivity index (χ3v) is 2.66. The van der Waals surface area contributed by atoms with E-state index in [1.54, 1.807) is 13.3 Å². The van der Waals surface area contributed by atoms with Crippen LogP contribution in [0.25, 0.3) is 22.3 Å². The molecular formula is C14H11NO2. The number of hydrogen-bond acceptors (Lipinski definition) is 3. The second-order valence-electron chi connectivity index (χ2n) is 3.74. The van der Waals surface area contributed by atoms with Gasteiger partial charge in [-0.3, -0.25) is 0 Å². The average Bonchev–Trinajstić information content (AvgIpc) is 2.82. The lowest BCUT2D eigenvalue weighted by molar-refractivity contribution is 0.398. The van der Waals surface area contributed by atoms with Crippen LogP contribution in [-0.2, 0) is 0 Å². The standard InChI is InChI=1S/C14H11NO2/c1-16-14-7-6-11(9-15-14)13-8-10-4-2-3-5-12(10)17-13/h2-9H,1H3. The number of aromatic nitrogens is 1. The third kappa shape index (κ3) is 1.76. The molecule has 0 spiro atoms. The van der Waals surface area contributed by atoms with Crippen LogP contribution < -0.4 is 4.74 Å². The molecule has 2 aromatic heterocycles. The fourth-order valence-electron chi connectivity index (χ4n) is 1.77. The topological polar surface area (TPSA) is 35.3 Å². The summed E-state index contributed by atoms with van der Waals surface area (Å²) in [5, 5.41) is 1.10. The fourth-order valence-corrected chi connectivity index (χ4v) is 1.77. The molecule has 3 rings (SSSR count). The van der Waals surface area contributed by atoms with Crippen LogP contribution in [0.1, 0.15) is 0 Å². The minimum Gasteiger partial charge on any atom is -0.481 e. The highest BCUT2D eigenvalue weighted by Gasteiger charge is 2.06. The normalized spacial score (nSPS) is 10.6. The van der Waals surface area contributed by atoms with Gasteiger partial charge in [-0.25, -0.2) is 4.98 Å². The predicted octanol–water partition coefficient (Wildman–Crippen LogP) is 3.50. The summed E-state index contributed by atoms with van der Waals surface area (Å²) in [6, 6.07) is 13.7. The van der Waals surface area contributed by atoms with Gasteiger partial charge in [-0.15, -0.1) is 0 Å². The van der Waals surface area contributed by atoms with Gasteiger partial charge in [0.15, 0.2) is 0 Å². The van der Waals surface area contributed by atoms with Crippen molar-refractivity contribution in [1.29, 1.82) is 0 Å². The molecule has 17 heavy (non-hydrogen) atoms. The van der Waals surface area contributed by atoms with Gasteiger partial charge in [-0.05, 0) is 18.2 Å². The maximum Gasteiger partial charge on any atom is 0.212 e. The first-order chi connectivity index (χ1) is 8.36. The van der Waals surface area contributed by atoms with Gasteiger partial charge in [0.2, 0.25) is 5.88 Å². The second kappa shape index (κ2) is 3.94. The Morgan fingerprint density at radius 3 is 2.71 bits per heavy atom.